The van der Waals surface area contributed by atoms with Gasteiger partial charge in [0, 0.05) is 11.1 Å². The molecule has 4 aromatic rings. The minimum Gasteiger partial charge on any atom is -0.481 e. The molecule has 4 heteroatoms. The Morgan fingerprint density at radius 2 is 1.30 bits per heavy atom. The van der Waals surface area contributed by atoms with Gasteiger partial charge < -0.3 is 5.11 Å². The summed E-state index contributed by atoms with van der Waals surface area (Å²) >= 11 is 0. The van der Waals surface area contributed by atoms with Crippen LogP contribution in [0.25, 0.3) is 28.1 Å². The molecule has 132 valence electrons. The predicted molar refractivity (Wildman–Crippen MR) is 106 cm³/mol. The van der Waals surface area contributed by atoms with Crippen LogP contribution in [0.2, 0.25) is 0 Å². The largest absolute Gasteiger partial charge is 0.481 e. The molecule has 0 aliphatic heterocycles. The van der Waals surface area contributed by atoms with Gasteiger partial charge in [-0.2, -0.15) is 5.10 Å². The van der Waals surface area contributed by atoms with Gasteiger partial charge in [-0.25, -0.2) is 4.68 Å². The Morgan fingerprint density at radius 3 is 1.85 bits per heavy atom. The highest BCUT2D eigenvalue weighted by molar-refractivity contribution is 5.86. The second-order valence-electron chi connectivity index (χ2n) is 6.22. The van der Waals surface area contributed by atoms with Crippen LogP contribution in [-0.4, -0.2) is 20.9 Å². The highest BCUT2D eigenvalue weighted by Crippen LogP contribution is 2.37. The van der Waals surface area contributed by atoms with Crippen LogP contribution in [0.15, 0.2) is 91.0 Å². The van der Waals surface area contributed by atoms with Gasteiger partial charge in [0.15, 0.2) is 0 Å². The van der Waals surface area contributed by atoms with Crippen molar-refractivity contribution in [1.82, 2.24) is 9.78 Å². The number of carboxylic acid groups (broad SMARTS) is 1. The highest BCUT2D eigenvalue weighted by atomic mass is 16.4. The Kier molecular flexibility index (Phi) is 4.54. The number of rotatable bonds is 5. The molecule has 4 nitrogen and oxygen atoms in total. The molecule has 0 fully saturated rings. The van der Waals surface area contributed by atoms with Crippen LogP contribution in [-0.2, 0) is 11.2 Å². The van der Waals surface area contributed by atoms with E-state index in [2.05, 4.69) is 0 Å². The lowest BCUT2D eigenvalue weighted by molar-refractivity contribution is -0.136. The number of aromatic nitrogens is 2. The van der Waals surface area contributed by atoms with Crippen LogP contribution in [0.4, 0.5) is 0 Å². The van der Waals surface area contributed by atoms with Gasteiger partial charge in [0.2, 0.25) is 0 Å². The van der Waals surface area contributed by atoms with Gasteiger partial charge >= 0.3 is 5.97 Å². The molecular weight excluding hydrogens is 336 g/mol. The molecule has 0 atom stereocenters. The van der Waals surface area contributed by atoms with E-state index in [1.807, 2.05) is 95.7 Å². The molecule has 1 aromatic heterocycles. The molecular formula is C23H18N2O2. The van der Waals surface area contributed by atoms with E-state index >= 15 is 0 Å². The molecule has 1 N–H and O–H groups in total. The van der Waals surface area contributed by atoms with Crippen LogP contribution < -0.4 is 0 Å². The fourth-order valence-electron chi connectivity index (χ4n) is 3.26. The number of para-hydroxylation sites is 1. The van der Waals surface area contributed by atoms with E-state index in [0.29, 0.717) is 5.69 Å². The molecule has 0 aliphatic rings. The van der Waals surface area contributed by atoms with Crippen molar-refractivity contribution in [1.29, 1.82) is 0 Å². The molecule has 4 rings (SSSR count). The maximum atomic E-state index is 11.5. The molecule has 0 spiro atoms. The summed E-state index contributed by atoms with van der Waals surface area (Å²) in [6.07, 6.45) is -0.135. The summed E-state index contributed by atoms with van der Waals surface area (Å²) in [6, 6.07) is 29.6. The third-order valence-electron chi connectivity index (χ3n) is 4.39. The van der Waals surface area contributed by atoms with Crippen molar-refractivity contribution in [2.75, 3.05) is 0 Å². The SMILES string of the molecule is O=C(O)Cc1nn(-c2ccccc2)c(-c2ccccc2)c1-c1ccccc1. The summed E-state index contributed by atoms with van der Waals surface area (Å²) in [5, 5.41) is 14.1. The number of carboxylic acids is 1. The summed E-state index contributed by atoms with van der Waals surface area (Å²) < 4.78 is 1.84. The number of aliphatic carboxylic acids is 1. The van der Waals surface area contributed by atoms with Crippen molar-refractivity contribution in [3.63, 3.8) is 0 Å². The zero-order valence-electron chi connectivity index (χ0n) is 14.6. The fraction of sp³-hybridized carbons (Fsp3) is 0.0435. The van der Waals surface area contributed by atoms with Crippen LogP contribution in [0.5, 0.6) is 0 Å². The van der Waals surface area contributed by atoms with Gasteiger partial charge in [0.05, 0.1) is 23.5 Å². The summed E-state index contributed by atoms with van der Waals surface area (Å²) in [4.78, 5) is 11.5. The first-order chi connectivity index (χ1) is 13.2. The summed E-state index contributed by atoms with van der Waals surface area (Å²) in [6.45, 7) is 0. The molecule has 3 aromatic carbocycles. The van der Waals surface area contributed by atoms with Gasteiger partial charge in [0.1, 0.15) is 0 Å². The smallest absolute Gasteiger partial charge is 0.309 e. The van der Waals surface area contributed by atoms with Crippen molar-refractivity contribution in [3.05, 3.63) is 96.7 Å². The molecule has 0 saturated carbocycles. The van der Waals surface area contributed by atoms with Crippen molar-refractivity contribution in [3.8, 4) is 28.1 Å². The van der Waals surface area contributed by atoms with Crippen molar-refractivity contribution in [2.45, 2.75) is 6.42 Å². The van der Waals surface area contributed by atoms with Crippen molar-refractivity contribution >= 4 is 5.97 Å². The number of carbonyl (C=O) groups is 1. The van der Waals surface area contributed by atoms with Crippen LogP contribution in [0, 0.1) is 0 Å². The maximum absolute atomic E-state index is 11.5. The van der Waals surface area contributed by atoms with E-state index in [1.54, 1.807) is 0 Å². The molecule has 0 aliphatic carbocycles. The second-order valence-corrected chi connectivity index (χ2v) is 6.22. The molecule has 0 radical (unpaired) electrons. The third kappa shape index (κ3) is 3.37. The van der Waals surface area contributed by atoms with Crippen LogP contribution in [0.3, 0.4) is 0 Å². The first-order valence-corrected chi connectivity index (χ1v) is 8.74. The first kappa shape index (κ1) is 16.8. The number of hydrogen-bond donors (Lipinski definition) is 1. The lowest BCUT2D eigenvalue weighted by Crippen LogP contribution is -2.03. The van der Waals surface area contributed by atoms with Gasteiger partial charge in [-0.3, -0.25) is 4.79 Å². The molecule has 27 heavy (non-hydrogen) atoms. The lowest BCUT2D eigenvalue weighted by Gasteiger charge is -2.10. The normalized spacial score (nSPS) is 10.7. The minimum absolute atomic E-state index is 0.135. The van der Waals surface area contributed by atoms with Gasteiger partial charge in [0.25, 0.3) is 0 Å². The molecule has 1 heterocycles. The van der Waals surface area contributed by atoms with E-state index in [-0.39, 0.29) is 6.42 Å². The molecule has 0 bridgehead atoms. The van der Waals surface area contributed by atoms with E-state index in [1.165, 1.54) is 0 Å². The minimum atomic E-state index is -0.899. The zero-order valence-corrected chi connectivity index (χ0v) is 14.6. The van der Waals surface area contributed by atoms with E-state index in [0.717, 1.165) is 28.1 Å². The fourth-order valence-corrected chi connectivity index (χ4v) is 3.26. The molecule has 0 amide bonds. The lowest BCUT2D eigenvalue weighted by atomic mass is 9.97. The van der Waals surface area contributed by atoms with E-state index < -0.39 is 5.97 Å². The quantitative estimate of drug-likeness (QED) is 0.558. The molecule has 0 saturated heterocycles. The Morgan fingerprint density at radius 1 is 0.778 bits per heavy atom. The highest BCUT2D eigenvalue weighted by Gasteiger charge is 2.23. The van der Waals surface area contributed by atoms with E-state index in [4.69, 9.17) is 5.10 Å². The summed E-state index contributed by atoms with van der Waals surface area (Å²) in [7, 11) is 0. The standard InChI is InChI=1S/C23H18N2O2/c26-21(27)16-20-22(17-10-4-1-5-11-17)23(18-12-6-2-7-13-18)25(24-20)19-14-8-3-9-15-19/h1-15H,16H2,(H,26,27). The Labute approximate surface area is 157 Å². The van der Waals surface area contributed by atoms with Gasteiger partial charge in [-0.15, -0.1) is 0 Å². The second kappa shape index (κ2) is 7.30. The molecule has 0 unspecified atom stereocenters. The Bertz CT molecular complexity index is 1060. The summed E-state index contributed by atoms with van der Waals surface area (Å²) in [5.41, 5.74) is 5.14. The van der Waals surface area contributed by atoms with Crippen molar-refractivity contribution < 1.29 is 9.90 Å². The maximum Gasteiger partial charge on any atom is 0.309 e. The summed E-state index contributed by atoms with van der Waals surface area (Å²) in [5.74, 6) is -0.899. The first-order valence-electron chi connectivity index (χ1n) is 8.74. The average Bonchev–Trinajstić information content (AvgIpc) is 3.08. The predicted octanol–water partition coefficient (Wildman–Crippen LogP) is 4.83. The number of hydrogen-bond acceptors (Lipinski definition) is 2. The Hall–Kier alpha value is -3.66. The van der Waals surface area contributed by atoms with Crippen molar-refractivity contribution in [2.24, 2.45) is 0 Å². The Balaban J connectivity index is 2.05. The monoisotopic (exact) mass is 354 g/mol. The van der Waals surface area contributed by atoms with E-state index in [9.17, 15) is 9.90 Å². The zero-order chi connectivity index (χ0) is 18.6. The van der Waals surface area contributed by atoms with Crippen LogP contribution >= 0.6 is 0 Å². The number of nitrogens with zero attached hydrogens (tertiary/aromatic N) is 2. The van der Waals surface area contributed by atoms with Gasteiger partial charge in [-0.05, 0) is 17.7 Å². The topological polar surface area (TPSA) is 55.1 Å². The number of benzene rings is 3. The van der Waals surface area contributed by atoms with Gasteiger partial charge in [-0.1, -0.05) is 78.9 Å². The third-order valence-corrected chi connectivity index (χ3v) is 4.39. The average molecular weight is 354 g/mol. The van der Waals surface area contributed by atoms with Crippen LogP contribution in [0.1, 0.15) is 5.69 Å².